The molecule has 1 saturated heterocycles. The standard InChI is InChI=1S/C20H29F3N6/c1-12(2)14-8-18(20(21,22)23)29-19(26-14)9-15(27-29)17-6-4-5-7-28(17)10-16-13(3)24-11-25-16/h9,11-12,14,17-18,26H,4-8,10H2,1-3H3,(H,24,25)/t14-,17?,18+/m0/s1. The Morgan fingerprint density at radius 2 is 2.07 bits per heavy atom. The molecule has 0 aliphatic carbocycles. The van der Waals surface area contributed by atoms with Crippen molar-refractivity contribution in [3.63, 3.8) is 0 Å². The number of rotatable bonds is 4. The average Bonchev–Trinajstić information content (AvgIpc) is 3.26. The minimum atomic E-state index is -4.31. The van der Waals surface area contributed by atoms with Gasteiger partial charge in [0.1, 0.15) is 5.82 Å². The molecule has 1 fully saturated rings. The summed E-state index contributed by atoms with van der Waals surface area (Å²) < 4.78 is 42.5. The Bertz CT molecular complexity index is 840. The second-order valence-electron chi connectivity index (χ2n) is 8.64. The van der Waals surface area contributed by atoms with Crippen LogP contribution in [0.3, 0.4) is 0 Å². The number of fused-ring (bicyclic) bond motifs is 1. The van der Waals surface area contributed by atoms with Crippen molar-refractivity contribution in [3.05, 3.63) is 29.5 Å². The van der Waals surface area contributed by atoms with E-state index in [4.69, 9.17) is 0 Å². The number of anilines is 1. The van der Waals surface area contributed by atoms with Crippen LogP contribution in [0.4, 0.5) is 19.0 Å². The van der Waals surface area contributed by atoms with Crippen molar-refractivity contribution in [2.24, 2.45) is 5.92 Å². The number of aryl methyl sites for hydroxylation is 1. The van der Waals surface area contributed by atoms with Gasteiger partial charge in [-0.15, -0.1) is 0 Å². The first-order chi connectivity index (χ1) is 13.7. The molecule has 0 saturated carbocycles. The minimum Gasteiger partial charge on any atom is -0.367 e. The lowest BCUT2D eigenvalue weighted by Gasteiger charge is -2.35. The highest BCUT2D eigenvalue weighted by Crippen LogP contribution is 2.42. The number of aromatic amines is 1. The summed E-state index contributed by atoms with van der Waals surface area (Å²) in [6.07, 6.45) is 0.398. The molecule has 2 N–H and O–H groups in total. The Hall–Kier alpha value is -2.03. The molecule has 2 aromatic rings. The lowest BCUT2D eigenvalue weighted by molar-refractivity contribution is -0.174. The normalized spacial score (nSPS) is 25.8. The van der Waals surface area contributed by atoms with Crippen molar-refractivity contribution < 1.29 is 13.2 Å². The zero-order valence-corrected chi connectivity index (χ0v) is 17.1. The van der Waals surface area contributed by atoms with Crippen LogP contribution in [0.1, 0.15) is 68.7 Å². The molecule has 0 bridgehead atoms. The summed E-state index contributed by atoms with van der Waals surface area (Å²) in [5, 5.41) is 7.77. The van der Waals surface area contributed by atoms with E-state index in [-0.39, 0.29) is 24.4 Å². The molecule has 3 atom stereocenters. The second kappa shape index (κ2) is 7.66. The van der Waals surface area contributed by atoms with Crippen molar-refractivity contribution in [2.45, 2.75) is 77.3 Å². The third kappa shape index (κ3) is 4.01. The van der Waals surface area contributed by atoms with Gasteiger partial charge in [0, 0.05) is 24.3 Å². The van der Waals surface area contributed by atoms with E-state index in [0.717, 1.165) is 42.9 Å². The van der Waals surface area contributed by atoms with Gasteiger partial charge in [0.05, 0.1) is 23.8 Å². The fourth-order valence-electron chi connectivity index (χ4n) is 4.48. The largest absolute Gasteiger partial charge is 0.410 e. The summed E-state index contributed by atoms with van der Waals surface area (Å²) in [6, 6.07) is 0.0396. The van der Waals surface area contributed by atoms with Crippen LogP contribution < -0.4 is 5.32 Å². The summed E-state index contributed by atoms with van der Waals surface area (Å²) in [5.74, 6) is 0.592. The quantitative estimate of drug-likeness (QED) is 0.774. The number of likely N-dealkylation sites (tertiary alicyclic amines) is 1. The molecule has 2 aliphatic rings. The van der Waals surface area contributed by atoms with Gasteiger partial charge in [0.2, 0.25) is 0 Å². The molecule has 6 nitrogen and oxygen atoms in total. The van der Waals surface area contributed by atoms with E-state index in [0.29, 0.717) is 12.4 Å². The van der Waals surface area contributed by atoms with Gasteiger partial charge in [-0.25, -0.2) is 9.67 Å². The minimum absolute atomic E-state index is 0.00568. The number of imidazole rings is 1. The van der Waals surface area contributed by atoms with E-state index >= 15 is 0 Å². The highest BCUT2D eigenvalue weighted by molar-refractivity contribution is 5.42. The SMILES string of the molecule is Cc1[nH]cnc1CN1CCCCC1c1cc2n(n1)[C@@H](C(F)(F)F)C[C@@H](C(C)C)N2. The van der Waals surface area contributed by atoms with Gasteiger partial charge in [0.25, 0.3) is 0 Å². The number of aromatic nitrogens is 4. The van der Waals surface area contributed by atoms with Gasteiger partial charge in [-0.1, -0.05) is 20.3 Å². The maximum absolute atomic E-state index is 13.8. The summed E-state index contributed by atoms with van der Waals surface area (Å²) >= 11 is 0. The van der Waals surface area contributed by atoms with Crippen LogP contribution in [0.2, 0.25) is 0 Å². The molecule has 2 aliphatic heterocycles. The van der Waals surface area contributed by atoms with Crippen molar-refractivity contribution in [1.82, 2.24) is 24.6 Å². The molecule has 0 radical (unpaired) electrons. The third-order valence-electron chi connectivity index (χ3n) is 6.29. The zero-order valence-electron chi connectivity index (χ0n) is 17.1. The molecule has 0 amide bonds. The molecule has 4 rings (SSSR count). The number of nitrogens with one attached hydrogen (secondary N) is 2. The van der Waals surface area contributed by atoms with Crippen LogP contribution in [-0.2, 0) is 6.54 Å². The molecular formula is C20H29F3N6. The van der Waals surface area contributed by atoms with E-state index in [1.165, 1.54) is 4.68 Å². The molecule has 0 spiro atoms. The van der Waals surface area contributed by atoms with Gasteiger partial charge >= 0.3 is 6.18 Å². The van der Waals surface area contributed by atoms with Crippen molar-refractivity contribution in [1.29, 1.82) is 0 Å². The van der Waals surface area contributed by atoms with Crippen LogP contribution in [0.5, 0.6) is 0 Å². The van der Waals surface area contributed by atoms with Crippen LogP contribution in [0, 0.1) is 12.8 Å². The first kappa shape index (κ1) is 20.3. The maximum Gasteiger partial charge on any atom is 0.410 e. The van der Waals surface area contributed by atoms with Crippen molar-refractivity contribution in [2.75, 3.05) is 11.9 Å². The highest BCUT2D eigenvalue weighted by Gasteiger charge is 2.47. The topological polar surface area (TPSA) is 61.8 Å². The number of alkyl halides is 3. The lowest BCUT2D eigenvalue weighted by atomic mass is 9.94. The molecule has 4 heterocycles. The summed E-state index contributed by atoms with van der Waals surface area (Å²) in [6.45, 7) is 7.46. The van der Waals surface area contributed by atoms with Crippen LogP contribution in [0.25, 0.3) is 0 Å². The number of halogens is 3. The molecule has 0 aromatic carbocycles. The van der Waals surface area contributed by atoms with E-state index in [1.54, 1.807) is 6.33 Å². The fourth-order valence-corrected chi connectivity index (χ4v) is 4.48. The summed E-state index contributed by atoms with van der Waals surface area (Å²) in [5.41, 5.74) is 2.73. The highest BCUT2D eigenvalue weighted by atomic mass is 19.4. The average molecular weight is 410 g/mol. The number of H-pyrrole nitrogens is 1. The smallest absolute Gasteiger partial charge is 0.367 e. The van der Waals surface area contributed by atoms with E-state index in [1.807, 2.05) is 26.8 Å². The van der Waals surface area contributed by atoms with Gasteiger partial charge in [0.15, 0.2) is 6.04 Å². The first-order valence-corrected chi connectivity index (χ1v) is 10.4. The molecular weight excluding hydrogens is 381 g/mol. The Morgan fingerprint density at radius 1 is 1.28 bits per heavy atom. The fraction of sp³-hybridized carbons (Fsp3) is 0.700. The Morgan fingerprint density at radius 3 is 2.72 bits per heavy atom. The van der Waals surface area contributed by atoms with E-state index in [9.17, 15) is 13.2 Å². The summed E-state index contributed by atoms with van der Waals surface area (Å²) in [7, 11) is 0. The molecule has 29 heavy (non-hydrogen) atoms. The van der Waals surface area contributed by atoms with Crippen LogP contribution >= 0.6 is 0 Å². The third-order valence-corrected chi connectivity index (χ3v) is 6.29. The lowest BCUT2D eigenvalue weighted by Crippen LogP contribution is -2.41. The predicted octanol–water partition coefficient (Wildman–Crippen LogP) is 4.59. The first-order valence-electron chi connectivity index (χ1n) is 10.4. The molecule has 9 heteroatoms. The number of hydrogen-bond acceptors (Lipinski definition) is 4. The Kier molecular flexibility index (Phi) is 5.35. The Labute approximate surface area is 168 Å². The monoisotopic (exact) mass is 410 g/mol. The molecule has 160 valence electrons. The maximum atomic E-state index is 13.8. The van der Waals surface area contributed by atoms with Crippen LogP contribution in [-0.4, -0.2) is 43.4 Å². The van der Waals surface area contributed by atoms with Gasteiger partial charge in [-0.05, 0) is 38.6 Å². The number of nitrogens with zero attached hydrogens (tertiary/aromatic N) is 4. The number of hydrogen-bond donors (Lipinski definition) is 2. The number of piperidine rings is 1. The van der Waals surface area contributed by atoms with Crippen LogP contribution in [0.15, 0.2) is 12.4 Å². The summed E-state index contributed by atoms with van der Waals surface area (Å²) in [4.78, 5) is 9.79. The molecule has 1 unspecified atom stereocenters. The second-order valence-corrected chi connectivity index (χ2v) is 8.64. The Balaban J connectivity index is 1.64. The predicted molar refractivity (Wildman–Crippen MR) is 105 cm³/mol. The van der Waals surface area contributed by atoms with Gasteiger partial charge in [-0.3, -0.25) is 4.90 Å². The van der Waals surface area contributed by atoms with Crippen molar-refractivity contribution >= 4 is 5.82 Å². The molecule has 2 aromatic heterocycles. The van der Waals surface area contributed by atoms with E-state index in [2.05, 4.69) is 25.3 Å². The van der Waals surface area contributed by atoms with Gasteiger partial charge in [-0.2, -0.15) is 18.3 Å². The zero-order chi connectivity index (χ0) is 20.8. The van der Waals surface area contributed by atoms with Crippen molar-refractivity contribution in [3.8, 4) is 0 Å². The van der Waals surface area contributed by atoms with E-state index < -0.39 is 12.2 Å². The van der Waals surface area contributed by atoms with Gasteiger partial charge < -0.3 is 10.3 Å².